The summed E-state index contributed by atoms with van der Waals surface area (Å²) in [5.74, 6) is -0.665. The standard InChI is InChI=1S/C24H41N5O5/c1-23(2,3)19(21(32)28-11-9-24(10-12-28)22(33)25-15-27(24)4)26-20(31)18(14-29(34)16-30)13-17-7-5-6-8-17/h16-19,34H,5-15H2,1-4H3,(H,25,33)(H,26,31)/t18-,19-/m1/s1. The average molecular weight is 480 g/mol. The van der Waals surface area contributed by atoms with Gasteiger partial charge in [0.15, 0.2) is 0 Å². The summed E-state index contributed by atoms with van der Waals surface area (Å²) >= 11 is 0. The number of likely N-dealkylation sites (tertiary alicyclic amines) is 1. The van der Waals surface area contributed by atoms with Crippen molar-refractivity contribution >= 4 is 24.1 Å². The molecule has 3 fully saturated rings. The van der Waals surface area contributed by atoms with Gasteiger partial charge in [-0.3, -0.25) is 29.3 Å². The number of nitrogens with zero attached hydrogens (tertiary/aromatic N) is 3. The molecule has 0 radical (unpaired) electrons. The van der Waals surface area contributed by atoms with Crippen LogP contribution in [0.15, 0.2) is 0 Å². The first-order valence-electron chi connectivity index (χ1n) is 12.5. The molecule has 3 rings (SSSR count). The topological polar surface area (TPSA) is 122 Å². The van der Waals surface area contributed by atoms with Gasteiger partial charge in [-0.1, -0.05) is 46.5 Å². The molecule has 3 aliphatic rings. The number of piperidine rings is 1. The fraction of sp³-hybridized carbons (Fsp3) is 0.833. The summed E-state index contributed by atoms with van der Waals surface area (Å²) in [4.78, 5) is 54.1. The molecule has 10 nitrogen and oxygen atoms in total. The predicted molar refractivity (Wildman–Crippen MR) is 125 cm³/mol. The van der Waals surface area contributed by atoms with Gasteiger partial charge in [-0.15, -0.1) is 0 Å². The Labute approximate surface area is 202 Å². The molecule has 0 unspecified atom stereocenters. The van der Waals surface area contributed by atoms with Gasteiger partial charge < -0.3 is 15.5 Å². The van der Waals surface area contributed by atoms with Crippen molar-refractivity contribution in [1.82, 2.24) is 25.5 Å². The molecule has 0 aromatic carbocycles. The van der Waals surface area contributed by atoms with E-state index in [1.54, 1.807) is 4.90 Å². The normalized spacial score (nSPS) is 23.0. The van der Waals surface area contributed by atoms with Gasteiger partial charge in [-0.05, 0) is 37.6 Å². The average Bonchev–Trinajstić information content (AvgIpc) is 3.40. The molecule has 2 heterocycles. The fourth-order valence-electron chi connectivity index (χ4n) is 5.66. The highest BCUT2D eigenvalue weighted by Crippen LogP contribution is 2.33. The van der Waals surface area contributed by atoms with E-state index in [0.29, 0.717) is 56.4 Å². The number of hydrogen-bond acceptors (Lipinski definition) is 6. The van der Waals surface area contributed by atoms with Crippen LogP contribution in [0.2, 0.25) is 0 Å². The number of hydrogen-bond donors (Lipinski definition) is 3. The summed E-state index contributed by atoms with van der Waals surface area (Å²) in [5.41, 5.74) is -1.10. The smallest absolute Gasteiger partial charge is 0.245 e. The minimum atomic E-state index is -0.751. The molecular formula is C24H41N5O5. The molecule has 3 N–H and O–H groups in total. The summed E-state index contributed by atoms with van der Waals surface area (Å²) in [5, 5.41) is 16.1. The molecule has 0 bridgehead atoms. The van der Waals surface area contributed by atoms with Gasteiger partial charge >= 0.3 is 0 Å². The van der Waals surface area contributed by atoms with Gasteiger partial charge in [0, 0.05) is 13.1 Å². The summed E-state index contributed by atoms with van der Waals surface area (Å²) in [7, 11) is 1.92. The SMILES string of the molecule is CN1CNC(=O)C12CCN(C(=O)[C@@H](NC(=O)[C@H](CC1CCCC1)CN(O)C=O)C(C)(C)C)CC2. The minimum absolute atomic E-state index is 0.0151. The second kappa shape index (κ2) is 10.6. The third kappa shape index (κ3) is 5.71. The van der Waals surface area contributed by atoms with E-state index < -0.39 is 22.9 Å². The molecule has 1 saturated carbocycles. The molecule has 192 valence electrons. The van der Waals surface area contributed by atoms with Crippen LogP contribution >= 0.6 is 0 Å². The van der Waals surface area contributed by atoms with Gasteiger partial charge in [0.1, 0.15) is 11.6 Å². The lowest BCUT2D eigenvalue weighted by atomic mass is 9.82. The van der Waals surface area contributed by atoms with Crippen LogP contribution in [-0.2, 0) is 19.2 Å². The Bertz CT molecular complexity index is 768. The third-order valence-corrected chi connectivity index (χ3v) is 7.92. The Morgan fingerprint density at radius 1 is 1.26 bits per heavy atom. The van der Waals surface area contributed by atoms with Crippen LogP contribution in [-0.4, -0.2) is 89.1 Å². The zero-order valence-electron chi connectivity index (χ0n) is 21.0. The molecule has 4 amide bonds. The van der Waals surface area contributed by atoms with Crippen LogP contribution in [0.5, 0.6) is 0 Å². The van der Waals surface area contributed by atoms with E-state index in [2.05, 4.69) is 10.6 Å². The van der Waals surface area contributed by atoms with Crippen molar-refractivity contribution in [3.63, 3.8) is 0 Å². The first-order valence-corrected chi connectivity index (χ1v) is 12.5. The second-order valence-corrected chi connectivity index (χ2v) is 11.3. The Kier molecular flexibility index (Phi) is 8.23. The molecule has 2 aliphatic heterocycles. The maximum absolute atomic E-state index is 13.6. The highest BCUT2D eigenvalue weighted by molar-refractivity contribution is 5.91. The monoisotopic (exact) mass is 479 g/mol. The fourth-order valence-corrected chi connectivity index (χ4v) is 5.66. The molecule has 2 saturated heterocycles. The summed E-state index contributed by atoms with van der Waals surface area (Å²) in [6.07, 6.45) is 6.32. The summed E-state index contributed by atoms with van der Waals surface area (Å²) in [6, 6.07) is -0.751. The summed E-state index contributed by atoms with van der Waals surface area (Å²) < 4.78 is 0. The number of nitrogens with one attached hydrogen (secondary N) is 2. The van der Waals surface area contributed by atoms with Crippen LogP contribution in [0.4, 0.5) is 0 Å². The maximum Gasteiger partial charge on any atom is 0.245 e. The molecule has 34 heavy (non-hydrogen) atoms. The minimum Gasteiger partial charge on any atom is -0.344 e. The van der Waals surface area contributed by atoms with E-state index in [1.807, 2.05) is 32.7 Å². The van der Waals surface area contributed by atoms with Crippen LogP contribution < -0.4 is 10.6 Å². The summed E-state index contributed by atoms with van der Waals surface area (Å²) in [6.45, 7) is 7.04. The number of carbonyl (C=O) groups excluding carboxylic acids is 4. The Morgan fingerprint density at radius 2 is 1.88 bits per heavy atom. The molecule has 0 aromatic heterocycles. The predicted octanol–water partition coefficient (Wildman–Crippen LogP) is 0.942. The third-order valence-electron chi connectivity index (χ3n) is 7.92. The number of rotatable bonds is 8. The highest BCUT2D eigenvalue weighted by atomic mass is 16.5. The molecule has 1 spiro atoms. The molecule has 0 aromatic rings. The zero-order valence-corrected chi connectivity index (χ0v) is 21.0. The van der Waals surface area contributed by atoms with Crippen molar-refractivity contribution in [3.05, 3.63) is 0 Å². The Balaban J connectivity index is 1.69. The number of carbonyl (C=O) groups is 4. The van der Waals surface area contributed by atoms with Crippen molar-refractivity contribution in [2.45, 2.75) is 77.3 Å². The molecular weight excluding hydrogens is 438 g/mol. The van der Waals surface area contributed by atoms with Gasteiger partial charge in [-0.25, -0.2) is 5.06 Å². The molecule has 10 heteroatoms. The lowest BCUT2D eigenvalue weighted by molar-refractivity contribution is -0.156. The first kappa shape index (κ1) is 26.4. The molecule has 2 atom stereocenters. The van der Waals surface area contributed by atoms with Gasteiger partial charge in [0.05, 0.1) is 19.1 Å². The van der Waals surface area contributed by atoms with E-state index in [-0.39, 0.29) is 24.3 Å². The highest BCUT2D eigenvalue weighted by Gasteiger charge is 2.50. The Hall–Kier alpha value is -2.20. The van der Waals surface area contributed by atoms with E-state index in [1.165, 1.54) is 0 Å². The van der Waals surface area contributed by atoms with Crippen LogP contribution in [0, 0.1) is 17.3 Å². The van der Waals surface area contributed by atoms with Crippen molar-refractivity contribution in [2.24, 2.45) is 17.3 Å². The van der Waals surface area contributed by atoms with Crippen molar-refractivity contribution in [2.75, 3.05) is 33.4 Å². The second-order valence-electron chi connectivity index (χ2n) is 11.3. The van der Waals surface area contributed by atoms with Crippen LogP contribution in [0.3, 0.4) is 0 Å². The van der Waals surface area contributed by atoms with Gasteiger partial charge in [0.25, 0.3) is 0 Å². The van der Waals surface area contributed by atoms with Crippen molar-refractivity contribution in [1.29, 1.82) is 0 Å². The van der Waals surface area contributed by atoms with E-state index >= 15 is 0 Å². The number of amides is 4. The van der Waals surface area contributed by atoms with E-state index in [0.717, 1.165) is 25.7 Å². The lowest BCUT2D eigenvalue weighted by Gasteiger charge is -2.43. The van der Waals surface area contributed by atoms with Crippen LogP contribution in [0.25, 0.3) is 0 Å². The molecule has 1 aliphatic carbocycles. The van der Waals surface area contributed by atoms with E-state index in [9.17, 15) is 24.4 Å². The number of likely N-dealkylation sites (N-methyl/N-ethyl adjacent to an activating group) is 1. The zero-order chi connectivity index (χ0) is 25.1. The van der Waals surface area contributed by atoms with Crippen molar-refractivity contribution in [3.8, 4) is 0 Å². The number of hydroxylamine groups is 2. The largest absolute Gasteiger partial charge is 0.344 e. The van der Waals surface area contributed by atoms with E-state index in [4.69, 9.17) is 0 Å². The lowest BCUT2D eigenvalue weighted by Crippen LogP contribution is -2.61. The van der Waals surface area contributed by atoms with Gasteiger partial charge in [-0.2, -0.15) is 0 Å². The first-order chi connectivity index (χ1) is 16.0. The maximum atomic E-state index is 13.6. The Morgan fingerprint density at radius 3 is 2.38 bits per heavy atom. The quantitative estimate of drug-likeness (QED) is 0.271. The van der Waals surface area contributed by atoms with Crippen LogP contribution in [0.1, 0.15) is 65.7 Å². The van der Waals surface area contributed by atoms with Gasteiger partial charge in [0.2, 0.25) is 24.1 Å². The van der Waals surface area contributed by atoms with Crippen molar-refractivity contribution < 1.29 is 24.4 Å².